The molecular weight excluding hydrogens is 532 g/mol. The third kappa shape index (κ3) is 7.56. The van der Waals surface area contributed by atoms with E-state index in [0.717, 1.165) is 24.6 Å². The topological polar surface area (TPSA) is 74.3 Å². The Kier molecular flexibility index (Phi) is 10.5. The fourth-order valence-corrected chi connectivity index (χ4v) is 7.29. The Morgan fingerprint density at radius 1 is 1.10 bits per heavy atom. The molecule has 2 N–H and O–H groups in total. The van der Waals surface area contributed by atoms with Gasteiger partial charge in [0.25, 0.3) is 0 Å². The van der Waals surface area contributed by atoms with Crippen LogP contribution in [0.4, 0.5) is 0 Å². The maximum absolute atomic E-state index is 11.8. The van der Waals surface area contributed by atoms with Crippen LogP contribution >= 0.6 is 11.8 Å². The molecule has 7 heteroatoms. The lowest BCUT2D eigenvalue weighted by atomic mass is 9.84. The van der Waals surface area contributed by atoms with Gasteiger partial charge >= 0.3 is 5.97 Å². The lowest BCUT2D eigenvalue weighted by molar-refractivity contribution is -0.133. The van der Waals surface area contributed by atoms with E-state index in [1.54, 1.807) is 17.8 Å². The van der Waals surface area contributed by atoms with E-state index in [-0.39, 0.29) is 18.0 Å². The molecule has 3 fully saturated rings. The van der Waals surface area contributed by atoms with Crippen LogP contribution in [-0.2, 0) is 20.8 Å². The van der Waals surface area contributed by atoms with Crippen LogP contribution in [-0.4, -0.2) is 60.0 Å². The quantitative estimate of drug-likeness (QED) is 0.197. The molecule has 3 unspecified atom stereocenters. The number of benzene rings is 2. The first kappa shape index (κ1) is 30.1. The standard InChI is InChI=1S/C34H46N2O4S/c1-23-9-7-8-12-28(23)30-20-25(13-16-29(30)32-33(40-32)35-31(34(37)38)17-18-41-3)21-36-26(14-15-27(36)22-39-2)19-24-10-5-4-6-11-24/h7-9,12-13,16-17,20,24,26-27,32-33,35H,4-6,10-11,14-15,18-19,21-22H2,1-3H3,(H,37,38)/b31-17+/t26-,27?,32?,33?/m1/s1. The van der Waals surface area contributed by atoms with Gasteiger partial charge in [-0.2, -0.15) is 11.8 Å². The minimum Gasteiger partial charge on any atom is -0.477 e. The summed E-state index contributed by atoms with van der Waals surface area (Å²) in [5, 5.41) is 12.8. The molecule has 2 aromatic rings. The van der Waals surface area contributed by atoms with E-state index in [1.165, 1.54) is 73.6 Å². The van der Waals surface area contributed by atoms with Gasteiger partial charge < -0.3 is 19.9 Å². The summed E-state index contributed by atoms with van der Waals surface area (Å²) in [5.74, 6) is 0.540. The van der Waals surface area contributed by atoms with Crippen LogP contribution in [0.25, 0.3) is 11.1 Å². The molecular formula is C34H46N2O4S. The summed E-state index contributed by atoms with van der Waals surface area (Å²) in [6.07, 6.45) is 13.9. The number of hydrogen-bond donors (Lipinski definition) is 2. The van der Waals surface area contributed by atoms with Crippen molar-refractivity contribution in [2.75, 3.05) is 25.7 Å². The normalized spacial score (nSPS) is 25.4. The molecule has 41 heavy (non-hydrogen) atoms. The molecule has 222 valence electrons. The number of likely N-dealkylation sites (tertiary alicyclic amines) is 1. The number of carboxylic acid groups (broad SMARTS) is 1. The fraction of sp³-hybridized carbons (Fsp3) is 0.559. The first-order chi connectivity index (χ1) is 20.0. The monoisotopic (exact) mass is 578 g/mol. The molecule has 3 aliphatic rings. The highest BCUT2D eigenvalue weighted by Gasteiger charge is 2.43. The van der Waals surface area contributed by atoms with Gasteiger partial charge in [0.05, 0.1) is 6.61 Å². The second-order valence-corrected chi connectivity index (χ2v) is 12.9. The van der Waals surface area contributed by atoms with E-state index >= 15 is 0 Å². The van der Waals surface area contributed by atoms with Gasteiger partial charge in [0.2, 0.25) is 0 Å². The van der Waals surface area contributed by atoms with Crippen LogP contribution in [0, 0.1) is 12.8 Å². The molecule has 0 aromatic heterocycles. The van der Waals surface area contributed by atoms with Crippen molar-refractivity contribution in [3.05, 3.63) is 70.9 Å². The number of hydrogen-bond acceptors (Lipinski definition) is 6. The van der Waals surface area contributed by atoms with Gasteiger partial charge in [-0.25, -0.2) is 4.79 Å². The predicted octanol–water partition coefficient (Wildman–Crippen LogP) is 6.93. The zero-order chi connectivity index (χ0) is 28.8. The summed E-state index contributed by atoms with van der Waals surface area (Å²) in [5.41, 5.74) is 6.19. The molecule has 5 rings (SSSR count). The molecule has 1 saturated carbocycles. The number of ether oxygens (including phenoxy) is 2. The van der Waals surface area contributed by atoms with E-state index in [4.69, 9.17) is 9.47 Å². The number of epoxide rings is 1. The van der Waals surface area contributed by atoms with Crippen LogP contribution in [0.1, 0.15) is 74.2 Å². The Labute approximate surface area is 249 Å². The molecule has 2 saturated heterocycles. The lowest BCUT2D eigenvalue weighted by Gasteiger charge is -2.33. The molecule has 4 atom stereocenters. The number of aryl methyl sites for hydroxylation is 1. The van der Waals surface area contributed by atoms with E-state index in [0.29, 0.717) is 17.8 Å². The zero-order valence-electron chi connectivity index (χ0n) is 24.8. The third-order valence-corrected chi connectivity index (χ3v) is 9.66. The van der Waals surface area contributed by atoms with Crippen LogP contribution in [0.15, 0.2) is 54.2 Å². The average Bonchev–Trinajstić information content (AvgIpc) is 3.66. The highest BCUT2D eigenvalue weighted by Crippen LogP contribution is 2.44. The van der Waals surface area contributed by atoms with E-state index in [1.807, 2.05) is 13.4 Å². The number of aliphatic carboxylic acids is 1. The van der Waals surface area contributed by atoms with Crippen molar-refractivity contribution in [2.45, 2.75) is 89.3 Å². The first-order valence-corrected chi connectivity index (χ1v) is 16.7. The molecule has 2 aromatic carbocycles. The minimum absolute atomic E-state index is 0.192. The molecule has 2 aliphatic heterocycles. The van der Waals surface area contributed by atoms with E-state index < -0.39 is 5.97 Å². The number of nitrogens with zero attached hydrogens (tertiary/aromatic N) is 1. The van der Waals surface area contributed by atoms with Crippen LogP contribution < -0.4 is 5.32 Å². The summed E-state index contributed by atoms with van der Waals surface area (Å²) in [7, 11) is 1.82. The number of rotatable bonds is 13. The van der Waals surface area contributed by atoms with Crippen molar-refractivity contribution >= 4 is 17.7 Å². The van der Waals surface area contributed by atoms with Gasteiger partial charge in [-0.05, 0) is 78.3 Å². The second kappa shape index (κ2) is 14.2. The van der Waals surface area contributed by atoms with E-state index in [2.05, 4.69) is 59.6 Å². The molecule has 1 aliphatic carbocycles. The third-order valence-electron chi connectivity index (χ3n) is 9.16. The lowest BCUT2D eigenvalue weighted by Crippen LogP contribution is -2.39. The Hall–Kier alpha value is -2.32. The van der Waals surface area contributed by atoms with Crippen LogP contribution in [0.3, 0.4) is 0 Å². The molecule has 6 nitrogen and oxygen atoms in total. The SMILES string of the molecule is COCC1CC[C@H](CC2CCCCC2)N1Cc1ccc(C2OC2N/C(=C/CSC)C(=O)O)c(-c2ccccc2C)c1. The number of methoxy groups -OCH3 is 1. The van der Waals surface area contributed by atoms with Gasteiger partial charge in [-0.15, -0.1) is 0 Å². The maximum atomic E-state index is 11.8. The Balaban J connectivity index is 1.39. The average molecular weight is 579 g/mol. The number of carbonyl (C=O) groups is 1. The predicted molar refractivity (Wildman–Crippen MR) is 167 cm³/mol. The summed E-state index contributed by atoms with van der Waals surface area (Å²) in [6.45, 7) is 3.85. The zero-order valence-corrected chi connectivity index (χ0v) is 25.6. The van der Waals surface area contributed by atoms with Crippen molar-refractivity contribution < 1.29 is 19.4 Å². The minimum atomic E-state index is -0.957. The van der Waals surface area contributed by atoms with Gasteiger partial charge in [0.1, 0.15) is 11.8 Å². The molecule has 0 amide bonds. The summed E-state index contributed by atoms with van der Waals surface area (Å²) < 4.78 is 11.7. The van der Waals surface area contributed by atoms with Crippen molar-refractivity contribution in [2.24, 2.45) is 5.92 Å². The van der Waals surface area contributed by atoms with Crippen molar-refractivity contribution in [1.82, 2.24) is 10.2 Å². The summed E-state index contributed by atoms with van der Waals surface area (Å²) >= 11 is 1.59. The van der Waals surface area contributed by atoms with Crippen molar-refractivity contribution in [1.29, 1.82) is 0 Å². The number of thioether (sulfide) groups is 1. The number of carboxylic acids is 1. The largest absolute Gasteiger partial charge is 0.477 e. The van der Waals surface area contributed by atoms with Gasteiger partial charge in [-0.3, -0.25) is 4.90 Å². The van der Waals surface area contributed by atoms with E-state index in [9.17, 15) is 9.90 Å². The summed E-state index contributed by atoms with van der Waals surface area (Å²) in [4.78, 5) is 14.5. The highest BCUT2D eigenvalue weighted by molar-refractivity contribution is 7.98. The van der Waals surface area contributed by atoms with Gasteiger partial charge in [0.15, 0.2) is 6.23 Å². The van der Waals surface area contributed by atoms with Crippen LogP contribution in [0.2, 0.25) is 0 Å². The molecule has 0 spiro atoms. The smallest absolute Gasteiger partial charge is 0.351 e. The molecule has 2 heterocycles. The molecule has 0 radical (unpaired) electrons. The fourth-order valence-electron chi connectivity index (χ4n) is 6.96. The number of nitrogens with one attached hydrogen (secondary N) is 1. The van der Waals surface area contributed by atoms with Gasteiger partial charge in [0, 0.05) is 31.5 Å². The second-order valence-electron chi connectivity index (χ2n) is 12.0. The Morgan fingerprint density at radius 2 is 1.88 bits per heavy atom. The van der Waals surface area contributed by atoms with Crippen LogP contribution in [0.5, 0.6) is 0 Å². The van der Waals surface area contributed by atoms with Crippen molar-refractivity contribution in [3.63, 3.8) is 0 Å². The van der Waals surface area contributed by atoms with Gasteiger partial charge in [-0.1, -0.05) is 68.5 Å². The summed E-state index contributed by atoms with van der Waals surface area (Å²) in [6, 6.07) is 16.4. The Morgan fingerprint density at radius 3 is 2.61 bits per heavy atom. The molecule has 0 bridgehead atoms. The van der Waals surface area contributed by atoms with Crippen molar-refractivity contribution in [3.8, 4) is 11.1 Å². The maximum Gasteiger partial charge on any atom is 0.351 e. The Bertz CT molecular complexity index is 1210. The highest BCUT2D eigenvalue weighted by atomic mass is 32.2. The first-order valence-electron chi connectivity index (χ1n) is 15.3.